The first kappa shape index (κ1) is 20.3. The van der Waals surface area contributed by atoms with Gasteiger partial charge in [0.1, 0.15) is 5.69 Å². The van der Waals surface area contributed by atoms with Gasteiger partial charge >= 0.3 is 0 Å². The fourth-order valence-electron chi connectivity index (χ4n) is 4.14. The van der Waals surface area contributed by atoms with Crippen LogP contribution in [-0.4, -0.2) is 32.4 Å². The molecule has 1 atom stereocenters. The zero-order valence-electron chi connectivity index (χ0n) is 17.4. The Hall–Kier alpha value is -3.65. The van der Waals surface area contributed by atoms with Gasteiger partial charge in [0.15, 0.2) is 11.6 Å². The van der Waals surface area contributed by atoms with Crippen LogP contribution in [-0.2, 0) is 7.05 Å². The second-order valence-electron chi connectivity index (χ2n) is 7.80. The van der Waals surface area contributed by atoms with Crippen LogP contribution in [0.1, 0.15) is 34.9 Å². The lowest BCUT2D eigenvalue weighted by atomic mass is 10.1. The SMILES string of the molecule is Cn1c(-c2ccc(C(N)=O)cc2)nnc1N1CCCC1c1cc(-c2cccc(Cl)c2)on1. The molecule has 1 fully saturated rings. The first-order chi connectivity index (χ1) is 15.5. The molecule has 5 rings (SSSR count). The maximum absolute atomic E-state index is 11.3. The highest BCUT2D eigenvalue weighted by atomic mass is 35.5. The van der Waals surface area contributed by atoms with E-state index in [0.717, 1.165) is 42.2 Å². The van der Waals surface area contributed by atoms with E-state index in [-0.39, 0.29) is 6.04 Å². The lowest BCUT2D eigenvalue weighted by Gasteiger charge is -2.23. The van der Waals surface area contributed by atoms with Gasteiger partial charge in [0.2, 0.25) is 11.9 Å². The van der Waals surface area contributed by atoms with E-state index in [4.69, 9.17) is 21.9 Å². The topological polar surface area (TPSA) is 103 Å². The van der Waals surface area contributed by atoms with Crippen molar-refractivity contribution in [1.82, 2.24) is 19.9 Å². The molecule has 8 nitrogen and oxygen atoms in total. The van der Waals surface area contributed by atoms with Crippen molar-refractivity contribution in [3.63, 3.8) is 0 Å². The molecule has 1 saturated heterocycles. The van der Waals surface area contributed by atoms with E-state index in [1.165, 1.54) is 0 Å². The minimum absolute atomic E-state index is 0.0414. The monoisotopic (exact) mass is 448 g/mol. The Bertz CT molecular complexity index is 1280. The molecule has 1 aliphatic rings. The second kappa shape index (κ2) is 8.12. The summed E-state index contributed by atoms with van der Waals surface area (Å²) in [4.78, 5) is 13.5. The Kier molecular flexibility index (Phi) is 5.14. The molecule has 1 unspecified atom stereocenters. The van der Waals surface area contributed by atoms with E-state index >= 15 is 0 Å². The van der Waals surface area contributed by atoms with Crippen molar-refractivity contribution in [2.24, 2.45) is 12.8 Å². The molecule has 0 aliphatic carbocycles. The van der Waals surface area contributed by atoms with Gasteiger partial charge in [-0.05, 0) is 37.1 Å². The van der Waals surface area contributed by atoms with E-state index in [1.807, 2.05) is 54.1 Å². The number of rotatable bonds is 5. The fourth-order valence-corrected chi connectivity index (χ4v) is 4.33. The van der Waals surface area contributed by atoms with E-state index < -0.39 is 5.91 Å². The number of anilines is 1. The summed E-state index contributed by atoms with van der Waals surface area (Å²) < 4.78 is 7.58. The number of nitrogens with zero attached hydrogens (tertiary/aromatic N) is 5. The molecule has 4 aromatic rings. The number of primary amides is 1. The molecule has 32 heavy (non-hydrogen) atoms. The van der Waals surface area contributed by atoms with Crippen molar-refractivity contribution >= 4 is 23.5 Å². The first-order valence-corrected chi connectivity index (χ1v) is 10.7. The van der Waals surface area contributed by atoms with Crippen molar-refractivity contribution in [1.29, 1.82) is 0 Å². The average Bonchev–Trinajstić information content (AvgIpc) is 3.53. The summed E-state index contributed by atoms with van der Waals surface area (Å²) >= 11 is 6.12. The van der Waals surface area contributed by atoms with Gasteiger partial charge in [0.05, 0.1) is 6.04 Å². The van der Waals surface area contributed by atoms with Crippen LogP contribution in [0.25, 0.3) is 22.7 Å². The summed E-state index contributed by atoms with van der Waals surface area (Å²) in [6.07, 6.45) is 1.95. The van der Waals surface area contributed by atoms with Crippen molar-refractivity contribution in [3.8, 4) is 22.7 Å². The van der Waals surface area contributed by atoms with Crippen molar-refractivity contribution in [2.45, 2.75) is 18.9 Å². The highest BCUT2D eigenvalue weighted by molar-refractivity contribution is 6.30. The van der Waals surface area contributed by atoms with Crippen LogP contribution in [0.4, 0.5) is 5.95 Å². The predicted molar refractivity (Wildman–Crippen MR) is 121 cm³/mol. The van der Waals surface area contributed by atoms with Crippen LogP contribution >= 0.6 is 11.6 Å². The molecule has 9 heteroatoms. The maximum Gasteiger partial charge on any atom is 0.248 e. The number of hydrogen-bond donors (Lipinski definition) is 1. The Morgan fingerprint density at radius 1 is 1.12 bits per heavy atom. The molecule has 2 N–H and O–H groups in total. The molecule has 2 aromatic heterocycles. The van der Waals surface area contributed by atoms with Crippen LogP contribution in [0.2, 0.25) is 5.02 Å². The first-order valence-electron chi connectivity index (χ1n) is 10.3. The van der Waals surface area contributed by atoms with Crippen LogP contribution < -0.4 is 10.6 Å². The summed E-state index contributed by atoms with van der Waals surface area (Å²) in [5, 5.41) is 13.8. The summed E-state index contributed by atoms with van der Waals surface area (Å²) in [5.41, 5.74) is 8.40. The third-order valence-corrected chi connectivity index (χ3v) is 6.00. The summed E-state index contributed by atoms with van der Waals surface area (Å²) in [5.74, 6) is 1.69. The number of carbonyl (C=O) groups is 1. The second-order valence-corrected chi connectivity index (χ2v) is 8.24. The Labute approximate surface area is 189 Å². The van der Waals surface area contributed by atoms with Crippen molar-refractivity contribution in [2.75, 3.05) is 11.4 Å². The molecule has 2 aromatic carbocycles. The molecule has 1 amide bonds. The number of halogens is 1. The third-order valence-electron chi connectivity index (χ3n) is 5.77. The van der Waals surface area contributed by atoms with Gasteiger partial charge in [-0.2, -0.15) is 0 Å². The number of hydrogen-bond acceptors (Lipinski definition) is 6. The Balaban J connectivity index is 1.42. The van der Waals surface area contributed by atoms with E-state index in [0.29, 0.717) is 22.2 Å². The standard InChI is InChI=1S/C23H21ClN6O2/c1-29-22(15-9-7-14(8-10-15)21(25)31)26-27-23(29)30-11-3-6-19(30)18-13-20(32-28-18)16-4-2-5-17(24)12-16/h2,4-5,7-10,12-13,19H,3,6,11H2,1H3,(H2,25,31). The Morgan fingerprint density at radius 2 is 1.94 bits per heavy atom. The van der Waals surface area contributed by atoms with Crippen LogP contribution in [0.3, 0.4) is 0 Å². The maximum atomic E-state index is 11.3. The number of carbonyl (C=O) groups excluding carboxylic acids is 1. The average molecular weight is 449 g/mol. The Morgan fingerprint density at radius 3 is 2.69 bits per heavy atom. The van der Waals surface area contributed by atoms with Gasteiger partial charge in [-0.3, -0.25) is 9.36 Å². The minimum Gasteiger partial charge on any atom is -0.366 e. The fraction of sp³-hybridized carbons (Fsp3) is 0.217. The molecule has 0 spiro atoms. The highest BCUT2D eigenvalue weighted by Gasteiger charge is 2.32. The molecule has 162 valence electrons. The van der Waals surface area contributed by atoms with Gasteiger partial charge in [-0.1, -0.05) is 41.0 Å². The van der Waals surface area contributed by atoms with Gasteiger partial charge in [-0.15, -0.1) is 10.2 Å². The molecule has 0 bridgehead atoms. The highest BCUT2D eigenvalue weighted by Crippen LogP contribution is 2.37. The normalized spacial score (nSPS) is 15.9. The van der Waals surface area contributed by atoms with Gasteiger partial charge in [0, 0.05) is 41.4 Å². The van der Waals surface area contributed by atoms with E-state index in [1.54, 1.807) is 12.1 Å². The molecular weight excluding hydrogens is 428 g/mol. The largest absolute Gasteiger partial charge is 0.366 e. The zero-order valence-corrected chi connectivity index (χ0v) is 18.2. The quantitative estimate of drug-likeness (QED) is 0.490. The number of amides is 1. The third kappa shape index (κ3) is 3.62. The van der Waals surface area contributed by atoms with Gasteiger partial charge < -0.3 is 15.2 Å². The van der Waals surface area contributed by atoms with Crippen molar-refractivity contribution in [3.05, 3.63) is 70.9 Å². The van der Waals surface area contributed by atoms with E-state index in [9.17, 15) is 4.79 Å². The zero-order chi connectivity index (χ0) is 22.2. The van der Waals surface area contributed by atoms with Crippen LogP contribution in [0.15, 0.2) is 59.1 Å². The summed E-state index contributed by atoms with van der Waals surface area (Å²) in [6, 6.07) is 16.6. The number of aromatic nitrogens is 4. The molecule has 1 aliphatic heterocycles. The van der Waals surface area contributed by atoms with Crippen LogP contribution in [0, 0.1) is 0 Å². The smallest absolute Gasteiger partial charge is 0.248 e. The van der Waals surface area contributed by atoms with E-state index in [2.05, 4.69) is 20.3 Å². The molecule has 0 saturated carbocycles. The minimum atomic E-state index is -0.458. The summed E-state index contributed by atoms with van der Waals surface area (Å²) in [6.45, 7) is 0.844. The predicted octanol–water partition coefficient (Wildman–Crippen LogP) is 4.23. The lowest BCUT2D eigenvalue weighted by molar-refractivity contribution is 0.100. The number of benzene rings is 2. The molecule has 3 heterocycles. The lowest BCUT2D eigenvalue weighted by Crippen LogP contribution is -2.25. The molecular formula is C23H21ClN6O2. The number of nitrogens with two attached hydrogens (primary N) is 1. The van der Waals surface area contributed by atoms with Gasteiger partial charge in [-0.25, -0.2) is 0 Å². The summed E-state index contributed by atoms with van der Waals surface area (Å²) in [7, 11) is 1.93. The van der Waals surface area contributed by atoms with Crippen LogP contribution in [0.5, 0.6) is 0 Å². The van der Waals surface area contributed by atoms with Crippen molar-refractivity contribution < 1.29 is 9.32 Å². The van der Waals surface area contributed by atoms with Gasteiger partial charge in [0.25, 0.3) is 0 Å². The molecule has 0 radical (unpaired) electrons.